The van der Waals surface area contributed by atoms with Crippen LogP contribution in [0.4, 0.5) is 0 Å². The molecule has 0 amide bonds. The van der Waals surface area contributed by atoms with Crippen LogP contribution in [0.15, 0.2) is 0 Å². The van der Waals surface area contributed by atoms with Gasteiger partial charge in [-0.3, -0.25) is 4.79 Å². The van der Waals surface area contributed by atoms with E-state index in [9.17, 15) is 4.79 Å². The Morgan fingerprint density at radius 1 is 1.44 bits per heavy atom. The number of quaternary nitrogens is 1. The summed E-state index contributed by atoms with van der Waals surface area (Å²) in [5.74, 6) is 5.99. The molecule has 90 valence electrons. The summed E-state index contributed by atoms with van der Waals surface area (Å²) in [5, 5.41) is 0. The molecule has 0 aromatic carbocycles. The molecular formula is C13H22NO2+. The van der Waals surface area contributed by atoms with Gasteiger partial charge in [0.25, 0.3) is 0 Å². The molecule has 1 aliphatic rings. The second kappa shape index (κ2) is 5.91. The lowest BCUT2D eigenvalue weighted by Crippen LogP contribution is -3.09. The van der Waals surface area contributed by atoms with Crippen LogP contribution in [-0.2, 0) is 9.53 Å². The molecule has 1 saturated heterocycles. The van der Waals surface area contributed by atoms with Crippen molar-refractivity contribution in [2.45, 2.75) is 45.6 Å². The van der Waals surface area contributed by atoms with Gasteiger partial charge in [-0.1, -0.05) is 6.92 Å². The topological polar surface area (TPSA) is 30.7 Å². The van der Waals surface area contributed by atoms with Crippen LogP contribution in [0.1, 0.15) is 40.0 Å². The van der Waals surface area contributed by atoms with Crippen molar-refractivity contribution in [1.29, 1.82) is 0 Å². The predicted octanol–water partition coefficient (Wildman–Crippen LogP) is 0.400. The third-order valence-electron chi connectivity index (χ3n) is 3.05. The van der Waals surface area contributed by atoms with Gasteiger partial charge in [0.05, 0.1) is 13.1 Å². The second-order valence-corrected chi connectivity index (χ2v) is 4.61. The third-order valence-corrected chi connectivity index (χ3v) is 3.05. The van der Waals surface area contributed by atoms with Gasteiger partial charge in [0.2, 0.25) is 0 Å². The average molecular weight is 224 g/mol. The molecule has 0 bridgehead atoms. The summed E-state index contributed by atoms with van der Waals surface area (Å²) in [6.07, 6.45) is 3.35. The normalized spacial score (nSPS) is 19.7. The van der Waals surface area contributed by atoms with Gasteiger partial charge in [0.15, 0.2) is 5.60 Å². The van der Waals surface area contributed by atoms with Crippen LogP contribution in [0, 0.1) is 11.8 Å². The highest BCUT2D eigenvalue weighted by atomic mass is 16.6. The zero-order chi connectivity index (χ0) is 12.0. The Bertz CT molecular complexity index is 297. The van der Waals surface area contributed by atoms with E-state index < -0.39 is 5.60 Å². The quantitative estimate of drug-likeness (QED) is 0.556. The minimum atomic E-state index is -0.606. The Hall–Kier alpha value is -1.01. The molecule has 0 spiro atoms. The van der Waals surface area contributed by atoms with E-state index in [2.05, 4.69) is 11.8 Å². The molecule has 0 aromatic rings. The molecule has 16 heavy (non-hydrogen) atoms. The van der Waals surface area contributed by atoms with Gasteiger partial charge < -0.3 is 9.64 Å². The Kier molecular flexibility index (Phi) is 4.82. The standard InChI is InChI=1S/C13H21NO2/c1-4-13(3,16-12(2)15)8-7-11-14-9-5-6-10-14/h4-6,9-11H2,1-3H3/p+1. The largest absolute Gasteiger partial charge is 0.446 e. The van der Waals surface area contributed by atoms with Crippen molar-refractivity contribution < 1.29 is 14.4 Å². The van der Waals surface area contributed by atoms with E-state index in [4.69, 9.17) is 4.74 Å². The smallest absolute Gasteiger partial charge is 0.304 e. The maximum atomic E-state index is 10.9. The number of carbonyl (C=O) groups is 1. The fourth-order valence-electron chi connectivity index (χ4n) is 1.91. The lowest BCUT2D eigenvalue weighted by atomic mass is 10.0. The lowest BCUT2D eigenvalue weighted by Gasteiger charge is -2.21. The van der Waals surface area contributed by atoms with Crippen LogP contribution in [0.2, 0.25) is 0 Å². The molecule has 1 fully saturated rings. The molecule has 0 saturated carbocycles. The summed E-state index contributed by atoms with van der Waals surface area (Å²) in [7, 11) is 0. The van der Waals surface area contributed by atoms with Crippen LogP contribution < -0.4 is 4.90 Å². The maximum Gasteiger partial charge on any atom is 0.304 e. The highest BCUT2D eigenvalue weighted by Gasteiger charge is 2.22. The molecule has 1 heterocycles. The molecule has 0 aliphatic carbocycles. The maximum absolute atomic E-state index is 10.9. The number of rotatable bonds is 3. The Morgan fingerprint density at radius 2 is 2.06 bits per heavy atom. The van der Waals surface area contributed by atoms with Gasteiger partial charge in [-0.25, -0.2) is 0 Å². The molecule has 0 radical (unpaired) electrons. The first-order chi connectivity index (χ1) is 7.56. The first kappa shape index (κ1) is 13.1. The van der Waals surface area contributed by atoms with E-state index in [1.165, 1.54) is 32.9 Å². The Balaban J connectivity index is 2.47. The van der Waals surface area contributed by atoms with Crippen LogP contribution in [-0.4, -0.2) is 31.2 Å². The summed E-state index contributed by atoms with van der Waals surface area (Å²) < 4.78 is 5.23. The van der Waals surface area contributed by atoms with Gasteiger partial charge >= 0.3 is 5.97 Å². The van der Waals surface area contributed by atoms with Crippen LogP contribution in [0.3, 0.4) is 0 Å². The van der Waals surface area contributed by atoms with E-state index in [1.807, 2.05) is 13.8 Å². The monoisotopic (exact) mass is 224 g/mol. The molecule has 3 heteroatoms. The number of ether oxygens (including phenoxy) is 1. The first-order valence-electron chi connectivity index (χ1n) is 6.09. The number of carbonyl (C=O) groups excluding carboxylic acids is 1. The van der Waals surface area contributed by atoms with Gasteiger partial charge in [-0.15, -0.1) is 0 Å². The highest BCUT2D eigenvalue weighted by Crippen LogP contribution is 2.13. The predicted molar refractivity (Wildman–Crippen MR) is 63.0 cm³/mol. The number of hydrogen-bond donors (Lipinski definition) is 1. The van der Waals surface area contributed by atoms with E-state index in [1.54, 1.807) is 4.90 Å². The molecule has 0 aromatic heterocycles. The Labute approximate surface area is 98.1 Å². The summed E-state index contributed by atoms with van der Waals surface area (Å²) in [6.45, 7) is 8.62. The molecule has 1 N–H and O–H groups in total. The van der Waals surface area contributed by atoms with E-state index in [0.717, 1.165) is 13.0 Å². The van der Waals surface area contributed by atoms with Crippen molar-refractivity contribution in [2.24, 2.45) is 0 Å². The van der Waals surface area contributed by atoms with Crippen molar-refractivity contribution >= 4 is 5.97 Å². The van der Waals surface area contributed by atoms with E-state index >= 15 is 0 Å². The number of esters is 1. The molecule has 1 unspecified atom stereocenters. The zero-order valence-corrected chi connectivity index (χ0v) is 10.6. The average Bonchev–Trinajstić information content (AvgIpc) is 2.69. The summed E-state index contributed by atoms with van der Waals surface area (Å²) in [6, 6.07) is 0. The zero-order valence-electron chi connectivity index (χ0n) is 10.6. The number of likely N-dealkylation sites (tertiary alicyclic amines) is 1. The second-order valence-electron chi connectivity index (χ2n) is 4.61. The van der Waals surface area contributed by atoms with Crippen molar-refractivity contribution in [2.75, 3.05) is 19.6 Å². The first-order valence-corrected chi connectivity index (χ1v) is 6.09. The van der Waals surface area contributed by atoms with Crippen molar-refractivity contribution in [3.8, 4) is 11.8 Å². The molecule has 1 atom stereocenters. The van der Waals surface area contributed by atoms with Gasteiger partial charge in [0, 0.05) is 19.8 Å². The fraction of sp³-hybridized carbons (Fsp3) is 0.769. The fourth-order valence-corrected chi connectivity index (χ4v) is 1.91. The Morgan fingerprint density at radius 3 is 2.56 bits per heavy atom. The molecule has 3 nitrogen and oxygen atoms in total. The van der Waals surface area contributed by atoms with Crippen molar-refractivity contribution in [3.63, 3.8) is 0 Å². The van der Waals surface area contributed by atoms with Crippen LogP contribution in [0.5, 0.6) is 0 Å². The minimum Gasteiger partial charge on any atom is -0.446 e. The third kappa shape index (κ3) is 4.24. The van der Waals surface area contributed by atoms with E-state index in [0.29, 0.717) is 0 Å². The molecule has 1 rings (SSSR count). The van der Waals surface area contributed by atoms with Gasteiger partial charge in [0.1, 0.15) is 6.54 Å². The lowest BCUT2D eigenvalue weighted by molar-refractivity contribution is -0.879. The van der Waals surface area contributed by atoms with E-state index in [-0.39, 0.29) is 5.97 Å². The number of hydrogen-bond acceptors (Lipinski definition) is 2. The van der Waals surface area contributed by atoms with Gasteiger partial charge in [-0.2, -0.15) is 0 Å². The summed E-state index contributed by atoms with van der Waals surface area (Å²) in [5.41, 5.74) is -0.606. The van der Waals surface area contributed by atoms with Crippen molar-refractivity contribution in [1.82, 2.24) is 0 Å². The van der Waals surface area contributed by atoms with Crippen LogP contribution in [0.25, 0.3) is 0 Å². The summed E-state index contributed by atoms with van der Waals surface area (Å²) in [4.78, 5) is 12.5. The summed E-state index contributed by atoms with van der Waals surface area (Å²) >= 11 is 0. The molecule has 1 aliphatic heterocycles. The van der Waals surface area contributed by atoms with Crippen LogP contribution >= 0.6 is 0 Å². The minimum absolute atomic E-state index is 0.257. The van der Waals surface area contributed by atoms with Gasteiger partial charge in [-0.05, 0) is 25.2 Å². The molecular weight excluding hydrogens is 202 g/mol. The SMILES string of the molecule is CCC(C)(C#CC[NH+]1CCCC1)OC(C)=O. The number of nitrogens with one attached hydrogen (secondary N) is 1. The van der Waals surface area contributed by atoms with Crippen molar-refractivity contribution in [3.05, 3.63) is 0 Å². The highest BCUT2D eigenvalue weighted by molar-refractivity contribution is 5.67.